The molecule has 0 unspecified atom stereocenters. The van der Waals surface area contributed by atoms with Gasteiger partial charge in [0.15, 0.2) is 0 Å². The molecular weight excluding hydrogens is 304 g/mol. The van der Waals surface area contributed by atoms with Crippen molar-refractivity contribution in [2.75, 3.05) is 19.3 Å². The third kappa shape index (κ3) is 6.23. The lowest BCUT2D eigenvalue weighted by Gasteiger charge is -2.16. The van der Waals surface area contributed by atoms with Gasteiger partial charge in [-0.3, -0.25) is 0 Å². The van der Waals surface area contributed by atoms with Crippen LogP contribution in [0.25, 0.3) is 0 Å². The van der Waals surface area contributed by atoms with E-state index in [1.165, 1.54) is 15.6 Å². The van der Waals surface area contributed by atoms with Gasteiger partial charge in [0.2, 0.25) is 10.0 Å². The molecule has 1 heterocycles. The molecule has 0 aliphatic carbocycles. The first kappa shape index (κ1) is 16.9. The van der Waals surface area contributed by atoms with Crippen LogP contribution in [0, 0.1) is 0 Å². The van der Waals surface area contributed by atoms with Gasteiger partial charge >= 0.3 is 0 Å². The van der Waals surface area contributed by atoms with Gasteiger partial charge in [-0.2, -0.15) is 4.31 Å². The van der Waals surface area contributed by atoms with Crippen LogP contribution in [-0.4, -0.2) is 38.1 Å². The second-order valence-corrected chi connectivity index (χ2v) is 8.74. The summed E-state index contributed by atoms with van der Waals surface area (Å²) in [7, 11) is -1.58. The van der Waals surface area contributed by atoms with Gasteiger partial charge < -0.3 is 5.32 Å². The molecule has 0 saturated heterocycles. The van der Waals surface area contributed by atoms with E-state index in [0.717, 1.165) is 11.4 Å². The lowest BCUT2D eigenvalue weighted by atomic mass is 10.4. The maximum atomic E-state index is 12.1. The van der Waals surface area contributed by atoms with E-state index in [4.69, 9.17) is 11.6 Å². The number of hydrogen-bond donors (Lipinski definition) is 1. The minimum atomic E-state index is -3.19. The number of thiophene rings is 1. The van der Waals surface area contributed by atoms with E-state index in [2.05, 4.69) is 5.32 Å². The van der Waals surface area contributed by atoms with Gasteiger partial charge in [0.1, 0.15) is 0 Å². The predicted octanol–water partition coefficient (Wildman–Crippen LogP) is 2.55. The molecule has 0 saturated carbocycles. The Morgan fingerprint density at radius 3 is 2.63 bits per heavy atom. The third-order valence-corrected chi connectivity index (χ3v) is 5.71. The zero-order chi connectivity index (χ0) is 14.5. The summed E-state index contributed by atoms with van der Waals surface area (Å²) in [4.78, 5) is 0.955. The first-order valence-electron chi connectivity index (χ1n) is 6.23. The average Bonchev–Trinajstić information content (AvgIpc) is 2.70. The number of hydrogen-bond acceptors (Lipinski definition) is 4. The van der Waals surface area contributed by atoms with Gasteiger partial charge in [0.25, 0.3) is 0 Å². The number of halogens is 1. The Bertz CT molecular complexity index is 486. The van der Waals surface area contributed by atoms with Crippen LogP contribution in [0.5, 0.6) is 0 Å². The summed E-state index contributed by atoms with van der Waals surface area (Å²) in [5.74, 6) is 0.169. The molecule has 0 aliphatic rings. The standard InChI is InChI=1S/C12H21ClN2O2S2/c1-10(2)14-7-4-8-19(16,17)15(3)9-11-5-6-12(13)18-11/h5-6,10,14H,4,7-9H2,1-3H3. The summed E-state index contributed by atoms with van der Waals surface area (Å²) in [5.41, 5.74) is 0. The van der Waals surface area contributed by atoms with Crippen LogP contribution >= 0.6 is 22.9 Å². The molecule has 4 nitrogen and oxygen atoms in total. The summed E-state index contributed by atoms with van der Waals surface area (Å²) in [6.45, 7) is 5.19. The zero-order valence-electron chi connectivity index (χ0n) is 11.5. The SMILES string of the molecule is CC(C)NCCCS(=O)(=O)N(C)Cc1ccc(Cl)s1. The molecule has 0 amide bonds. The largest absolute Gasteiger partial charge is 0.314 e. The van der Waals surface area contributed by atoms with Gasteiger partial charge in [0, 0.05) is 24.5 Å². The Labute approximate surface area is 124 Å². The Kier molecular flexibility index (Phi) is 6.76. The average molecular weight is 325 g/mol. The predicted molar refractivity (Wildman–Crippen MR) is 82.3 cm³/mol. The third-order valence-electron chi connectivity index (χ3n) is 2.61. The molecule has 0 aromatic carbocycles. The smallest absolute Gasteiger partial charge is 0.214 e. The molecule has 1 aromatic heterocycles. The number of nitrogens with one attached hydrogen (secondary N) is 1. The highest BCUT2D eigenvalue weighted by atomic mass is 35.5. The van der Waals surface area contributed by atoms with Crippen LogP contribution in [0.1, 0.15) is 25.1 Å². The van der Waals surface area contributed by atoms with Crippen molar-refractivity contribution in [2.45, 2.75) is 32.9 Å². The monoisotopic (exact) mass is 324 g/mol. The van der Waals surface area contributed by atoms with E-state index >= 15 is 0 Å². The molecule has 7 heteroatoms. The van der Waals surface area contributed by atoms with Crippen molar-refractivity contribution in [3.8, 4) is 0 Å². The maximum Gasteiger partial charge on any atom is 0.214 e. The summed E-state index contributed by atoms with van der Waals surface area (Å²) in [6.07, 6.45) is 0.621. The summed E-state index contributed by atoms with van der Waals surface area (Å²) < 4.78 is 26.2. The number of nitrogens with zero attached hydrogens (tertiary/aromatic N) is 1. The van der Waals surface area contributed by atoms with Crippen molar-refractivity contribution in [1.82, 2.24) is 9.62 Å². The topological polar surface area (TPSA) is 49.4 Å². The van der Waals surface area contributed by atoms with Crippen LogP contribution in [-0.2, 0) is 16.6 Å². The fourth-order valence-electron chi connectivity index (χ4n) is 1.56. The minimum absolute atomic E-state index is 0.169. The molecule has 0 atom stereocenters. The molecular formula is C12H21ClN2O2S2. The van der Waals surface area contributed by atoms with Crippen LogP contribution in [0.15, 0.2) is 12.1 Å². The summed E-state index contributed by atoms with van der Waals surface area (Å²) in [6, 6.07) is 4.03. The molecule has 1 aromatic rings. The van der Waals surface area contributed by atoms with Gasteiger partial charge in [-0.15, -0.1) is 11.3 Å². The number of sulfonamides is 1. The van der Waals surface area contributed by atoms with Crippen molar-refractivity contribution in [2.24, 2.45) is 0 Å². The molecule has 19 heavy (non-hydrogen) atoms. The molecule has 1 rings (SSSR count). The molecule has 0 spiro atoms. The fourth-order valence-corrected chi connectivity index (χ4v) is 3.94. The van der Waals surface area contributed by atoms with Gasteiger partial charge in [-0.1, -0.05) is 25.4 Å². The highest BCUT2D eigenvalue weighted by Crippen LogP contribution is 2.23. The fraction of sp³-hybridized carbons (Fsp3) is 0.667. The van der Waals surface area contributed by atoms with E-state index in [1.54, 1.807) is 13.1 Å². The van der Waals surface area contributed by atoms with E-state index in [0.29, 0.717) is 23.3 Å². The first-order chi connectivity index (χ1) is 8.81. The zero-order valence-corrected chi connectivity index (χ0v) is 13.9. The molecule has 110 valence electrons. The highest BCUT2D eigenvalue weighted by Gasteiger charge is 2.18. The lowest BCUT2D eigenvalue weighted by Crippen LogP contribution is -2.31. The second kappa shape index (κ2) is 7.59. The Hall–Kier alpha value is -0.140. The van der Waals surface area contributed by atoms with E-state index in [9.17, 15) is 8.42 Å². The quantitative estimate of drug-likeness (QED) is 0.748. The van der Waals surface area contributed by atoms with Crippen LogP contribution in [0.3, 0.4) is 0 Å². The van der Waals surface area contributed by atoms with Gasteiger partial charge in [-0.25, -0.2) is 8.42 Å². The van der Waals surface area contributed by atoms with E-state index < -0.39 is 10.0 Å². The van der Waals surface area contributed by atoms with E-state index in [-0.39, 0.29) is 5.75 Å². The molecule has 0 aliphatic heterocycles. The van der Waals surface area contributed by atoms with Crippen molar-refractivity contribution in [3.05, 3.63) is 21.3 Å². The first-order valence-corrected chi connectivity index (χ1v) is 9.03. The second-order valence-electron chi connectivity index (χ2n) is 4.74. The Morgan fingerprint density at radius 1 is 1.42 bits per heavy atom. The van der Waals surface area contributed by atoms with Gasteiger partial charge in [0.05, 0.1) is 10.1 Å². The van der Waals surface area contributed by atoms with Crippen molar-refractivity contribution in [1.29, 1.82) is 0 Å². The van der Waals surface area contributed by atoms with Crippen LogP contribution in [0.2, 0.25) is 4.34 Å². The molecule has 0 bridgehead atoms. The molecule has 1 N–H and O–H groups in total. The highest BCUT2D eigenvalue weighted by molar-refractivity contribution is 7.89. The van der Waals surface area contributed by atoms with Crippen molar-refractivity contribution >= 4 is 33.0 Å². The summed E-state index contributed by atoms with van der Waals surface area (Å²) >= 11 is 7.24. The summed E-state index contributed by atoms with van der Waals surface area (Å²) in [5, 5.41) is 3.21. The maximum absolute atomic E-state index is 12.1. The van der Waals surface area contributed by atoms with Crippen LogP contribution in [0.4, 0.5) is 0 Å². The Morgan fingerprint density at radius 2 is 2.11 bits per heavy atom. The van der Waals surface area contributed by atoms with E-state index in [1.807, 2.05) is 19.9 Å². The Balaban J connectivity index is 2.43. The van der Waals surface area contributed by atoms with Crippen LogP contribution < -0.4 is 5.32 Å². The lowest BCUT2D eigenvalue weighted by molar-refractivity contribution is 0.466. The normalized spacial score (nSPS) is 12.5. The minimum Gasteiger partial charge on any atom is -0.314 e. The van der Waals surface area contributed by atoms with Gasteiger partial charge in [-0.05, 0) is 25.1 Å². The number of rotatable bonds is 8. The van der Waals surface area contributed by atoms with Crippen molar-refractivity contribution < 1.29 is 8.42 Å². The molecule has 0 radical (unpaired) electrons. The van der Waals surface area contributed by atoms with Crippen molar-refractivity contribution in [3.63, 3.8) is 0 Å². The molecule has 0 fully saturated rings.